The Morgan fingerprint density at radius 1 is 1.11 bits per heavy atom. The third-order valence-electron chi connectivity index (χ3n) is 4.68. The number of benzene rings is 1. The maximum absolute atomic E-state index is 13.5. The van der Waals surface area contributed by atoms with E-state index in [9.17, 15) is 27.6 Å². The molecule has 2 saturated heterocycles. The molecule has 0 aliphatic carbocycles. The molecule has 1 aromatic carbocycles. The zero-order valence-corrected chi connectivity index (χ0v) is 15.1. The summed E-state index contributed by atoms with van der Waals surface area (Å²) in [7, 11) is 0. The first kappa shape index (κ1) is 20.1. The van der Waals surface area contributed by atoms with Crippen molar-refractivity contribution in [3.8, 4) is 0 Å². The van der Waals surface area contributed by atoms with Gasteiger partial charge < -0.3 is 15.0 Å². The molecule has 0 radical (unpaired) electrons. The molecule has 0 unspecified atom stereocenters. The number of morpholine rings is 1. The van der Waals surface area contributed by atoms with Crippen LogP contribution in [-0.2, 0) is 25.3 Å². The molecule has 3 amide bonds. The van der Waals surface area contributed by atoms with E-state index in [1.54, 1.807) is 4.90 Å². The second kappa shape index (κ2) is 8.17. The van der Waals surface area contributed by atoms with Crippen LogP contribution in [0.1, 0.15) is 24.8 Å². The van der Waals surface area contributed by atoms with E-state index in [2.05, 4.69) is 5.32 Å². The number of nitrogens with zero attached hydrogens (tertiary/aromatic N) is 2. The Morgan fingerprint density at radius 3 is 2.36 bits per heavy atom. The van der Waals surface area contributed by atoms with Gasteiger partial charge in [0.1, 0.15) is 0 Å². The Bertz CT molecular complexity index is 760. The zero-order chi connectivity index (χ0) is 20.3. The normalized spacial score (nSPS) is 18.0. The van der Waals surface area contributed by atoms with E-state index in [0.29, 0.717) is 32.0 Å². The quantitative estimate of drug-likeness (QED) is 0.767. The van der Waals surface area contributed by atoms with Gasteiger partial charge in [-0.1, -0.05) is 0 Å². The number of ether oxygens (including phenoxy) is 1. The summed E-state index contributed by atoms with van der Waals surface area (Å²) in [6.45, 7) is 1.71. The summed E-state index contributed by atoms with van der Waals surface area (Å²) < 4.78 is 45.7. The van der Waals surface area contributed by atoms with E-state index in [4.69, 9.17) is 4.74 Å². The first-order chi connectivity index (χ1) is 13.3. The van der Waals surface area contributed by atoms with Gasteiger partial charge in [0.25, 0.3) is 0 Å². The molecule has 0 saturated carbocycles. The maximum Gasteiger partial charge on any atom is 0.418 e. The standard InChI is InChI=1S/C18H20F3N3O4/c19-18(20,21)13-11-12(23-7-9-28-10-8-23)1-2-14(13)22-15(25)5-6-24-16(26)3-4-17(24)27/h1-2,11H,3-10H2,(H,22,25). The lowest BCUT2D eigenvalue weighted by molar-refractivity contribution is -0.139. The van der Waals surface area contributed by atoms with Crippen LogP contribution >= 0.6 is 0 Å². The molecule has 1 aromatic rings. The molecule has 3 rings (SSSR count). The van der Waals surface area contributed by atoms with Crippen molar-refractivity contribution in [2.75, 3.05) is 43.1 Å². The van der Waals surface area contributed by atoms with Crippen molar-refractivity contribution in [1.29, 1.82) is 0 Å². The number of amides is 3. The smallest absolute Gasteiger partial charge is 0.378 e. The number of hydrogen-bond acceptors (Lipinski definition) is 5. The van der Waals surface area contributed by atoms with Crippen LogP contribution < -0.4 is 10.2 Å². The summed E-state index contributed by atoms with van der Waals surface area (Å²) in [5, 5.41) is 2.25. The summed E-state index contributed by atoms with van der Waals surface area (Å²) >= 11 is 0. The summed E-state index contributed by atoms with van der Waals surface area (Å²) in [5.41, 5.74) is -0.895. The molecule has 2 aliphatic heterocycles. The topological polar surface area (TPSA) is 79.0 Å². The zero-order valence-electron chi connectivity index (χ0n) is 15.1. The highest BCUT2D eigenvalue weighted by atomic mass is 19.4. The maximum atomic E-state index is 13.5. The molecule has 2 aliphatic rings. The highest BCUT2D eigenvalue weighted by Crippen LogP contribution is 2.37. The minimum atomic E-state index is -4.65. The third-order valence-corrected chi connectivity index (χ3v) is 4.68. The number of rotatable bonds is 5. The van der Waals surface area contributed by atoms with Gasteiger partial charge in [-0.3, -0.25) is 19.3 Å². The molecular weight excluding hydrogens is 379 g/mol. The number of nitrogens with one attached hydrogen (secondary N) is 1. The largest absolute Gasteiger partial charge is 0.418 e. The lowest BCUT2D eigenvalue weighted by Crippen LogP contribution is -2.36. The summed E-state index contributed by atoms with van der Waals surface area (Å²) in [6, 6.07) is 3.75. The van der Waals surface area contributed by atoms with Crippen LogP contribution in [0.15, 0.2) is 18.2 Å². The molecule has 0 spiro atoms. The first-order valence-electron chi connectivity index (χ1n) is 8.92. The monoisotopic (exact) mass is 399 g/mol. The Kier molecular flexibility index (Phi) is 5.87. The Hall–Kier alpha value is -2.62. The van der Waals surface area contributed by atoms with Crippen LogP contribution in [0.5, 0.6) is 0 Å². The molecule has 0 aromatic heterocycles. The molecule has 1 N–H and O–H groups in total. The highest BCUT2D eigenvalue weighted by Gasteiger charge is 2.35. The second-order valence-corrected chi connectivity index (χ2v) is 6.56. The van der Waals surface area contributed by atoms with E-state index in [1.165, 1.54) is 12.1 Å². The minimum absolute atomic E-state index is 0.0989. The lowest BCUT2D eigenvalue weighted by Gasteiger charge is -2.29. The van der Waals surface area contributed by atoms with Crippen molar-refractivity contribution in [1.82, 2.24) is 4.90 Å². The molecule has 28 heavy (non-hydrogen) atoms. The molecule has 2 heterocycles. The molecule has 0 atom stereocenters. The summed E-state index contributed by atoms with van der Waals surface area (Å²) in [4.78, 5) is 37.9. The number of halogens is 3. The van der Waals surface area contributed by atoms with Crippen molar-refractivity contribution >= 4 is 29.1 Å². The van der Waals surface area contributed by atoms with Gasteiger partial charge in [0.05, 0.1) is 24.5 Å². The van der Waals surface area contributed by atoms with Gasteiger partial charge in [-0.25, -0.2) is 0 Å². The predicted octanol–water partition coefficient (Wildman–Crippen LogP) is 2.02. The number of hydrogen-bond donors (Lipinski definition) is 1. The number of carbonyl (C=O) groups excluding carboxylic acids is 3. The van der Waals surface area contributed by atoms with Crippen LogP contribution in [-0.4, -0.2) is 55.5 Å². The third kappa shape index (κ3) is 4.61. The first-order valence-corrected chi connectivity index (χ1v) is 8.92. The predicted molar refractivity (Wildman–Crippen MR) is 93.7 cm³/mol. The van der Waals surface area contributed by atoms with E-state index >= 15 is 0 Å². The fraction of sp³-hybridized carbons (Fsp3) is 0.500. The van der Waals surface area contributed by atoms with Crippen LogP contribution in [0, 0.1) is 0 Å². The van der Waals surface area contributed by atoms with E-state index in [0.717, 1.165) is 11.0 Å². The molecule has 2 fully saturated rings. The highest BCUT2D eigenvalue weighted by molar-refractivity contribution is 6.02. The molecule has 10 heteroatoms. The van der Waals surface area contributed by atoms with E-state index in [-0.39, 0.29) is 43.3 Å². The van der Waals surface area contributed by atoms with Crippen LogP contribution in [0.3, 0.4) is 0 Å². The van der Waals surface area contributed by atoms with Gasteiger partial charge in [0.2, 0.25) is 17.7 Å². The average Bonchev–Trinajstić information content (AvgIpc) is 2.98. The van der Waals surface area contributed by atoms with Gasteiger partial charge in [-0.05, 0) is 18.2 Å². The van der Waals surface area contributed by atoms with Gasteiger partial charge in [-0.15, -0.1) is 0 Å². The van der Waals surface area contributed by atoms with Crippen LogP contribution in [0.2, 0.25) is 0 Å². The number of alkyl halides is 3. The Morgan fingerprint density at radius 2 is 1.75 bits per heavy atom. The molecule has 152 valence electrons. The van der Waals surface area contributed by atoms with Gasteiger partial charge in [-0.2, -0.15) is 13.2 Å². The van der Waals surface area contributed by atoms with Crippen LogP contribution in [0.4, 0.5) is 24.5 Å². The van der Waals surface area contributed by atoms with Gasteiger partial charge in [0, 0.05) is 44.6 Å². The van der Waals surface area contributed by atoms with E-state index in [1.807, 2.05) is 0 Å². The lowest BCUT2D eigenvalue weighted by atomic mass is 10.1. The molecule has 0 bridgehead atoms. The van der Waals surface area contributed by atoms with Crippen molar-refractivity contribution in [2.24, 2.45) is 0 Å². The van der Waals surface area contributed by atoms with Crippen LogP contribution in [0.25, 0.3) is 0 Å². The summed E-state index contributed by atoms with van der Waals surface area (Å²) in [6.07, 6.45) is -4.71. The molecular formula is C18H20F3N3O4. The average molecular weight is 399 g/mol. The number of carbonyl (C=O) groups is 3. The van der Waals surface area contributed by atoms with Gasteiger partial charge >= 0.3 is 6.18 Å². The Balaban J connectivity index is 1.70. The van der Waals surface area contributed by atoms with Crippen molar-refractivity contribution in [2.45, 2.75) is 25.4 Å². The van der Waals surface area contributed by atoms with Gasteiger partial charge in [0.15, 0.2) is 0 Å². The number of likely N-dealkylation sites (tertiary alicyclic amines) is 1. The van der Waals surface area contributed by atoms with Crippen molar-refractivity contribution < 1.29 is 32.3 Å². The fourth-order valence-electron chi connectivity index (χ4n) is 3.19. The fourth-order valence-corrected chi connectivity index (χ4v) is 3.19. The number of imide groups is 1. The SMILES string of the molecule is O=C(CCN1C(=O)CCC1=O)Nc1ccc(N2CCOCC2)cc1C(F)(F)F. The van der Waals surface area contributed by atoms with Crippen molar-refractivity contribution in [3.05, 3.63) is 23.8 Å². The second-order valence-electron chi connectivity index (χ2n) is 6.56. The minimum Gasteiger partial charge on any atom is -0.378 e. The number of anilines is 2. The Labute approximate surface area is 159 Å². The van der Waals surface area contributed by atoms with E-state index < -0.39 is 17.6 Å². The molecule has 7 nitrogen and oxygen atoms in total. The summed E-state index contributed by atoms with van der Waals surface area (Å²) in [5.74, 6) is -1.44. The van der Waals surface area contributed by atoms with Crippen molar-refractivity contribution in [3.63, 3.8) is 0 Å².